The summed E-state index contributed by atoms with van der Waals surface area (Å²) in [6, 6.07) is 18.9. The number of benzene rings is 3. The standard InChI is InChI=1S/C21H14F2.2C2H6/c1-15-2-6-19(21(23)14-15)9-5-16-3-7-17(8-4-16)18-10-12-20(22)13-11-18;2*1-2/h2-4,6-8,10-14H,1H3;2*1-2H3. The zero-order chi connectivity index (χ0) is 20.2. The van der Waals surface area contributed by atoms with Crippen molar-refractivity contribution in [1.29, 1.82) is 0 Å². The van der Waals surface area contributed by atoms with Gasteiger partial charge in [0.05, 0.1) is 5.56 Å². The van der Waals surface area contributed by atoms with Gasteiger partial charge in [-0.1, -0.05) is 69.9 Å². The first-order valence-corrected chi connectivity index (χ1v) is 9.26. The van der Waals surface area contributed by atoms with Crippen LogP contribution < -0.4 is 0 Å². The van der Waals surface area contributed by atoms with Gasteiger partial charge in [-0.05, 0) is 60.0 Å². The summed E-state index contributed by atoms with van der Waals surface area (Å²) in [7, 11) is 0. The first-order valence-electron chi connectivity index (χ1n) is 9.26. The van der Waals surface area contributed by atoms with Gasteiger partial charge >= 0.3 is 0 Å². The van der Waals surface area contributed by atoms with Crippen LogP contribution in [0.3, 0.4) is 0 Å². The normalized spacial score (nSPS) is 9.00. The molecule has 0 bridgehead atoms. The molecular formula is C25H26F2. The van der Waals surface area contributed by atoms with Crippen molar-refractivity contribution in [2.24, 2.45) is 0 Å². The lowest BCUT2D eigenvalue weighted by atomic mass is 10.0. The van der Waals surface area contributed by atoms with Crippen LogP contribution in [-0.4, -0.2) is 0 Å². The highest BCUT2D eigenvalue weighted by Crippen LogP contribution is 2.20. The van der Waals surface area contributed by atoms with Gasteiger partial charge in [0.2, 0.25) is 0 Å². The maximum atomic E-state index is 13.7. The number of hydrogen-bond donors (Lipinski definition) is 0. The molecule has 140 valence electrons. The van der Waals surface area contributed by atoms with Crippen LogP contribution in [0, 0.1) is 30.4 Å². The summed E-state index contributed by atoms with van der Waals surface area (Å²) in [5.74, 6) is 5.25. The van der Waals surface area contributed by atoms with Crippen LogP contribution in [0.25, 0.3) is 11.1 Å². The molecule has 0 nitrogen and oxygen atoms in total. The Labute approximate surface area is 161 Å². The summed E-state index contributed by atoms with van der Waals surface area (Å²) in [5, 5.41) is 0. The fourth-order valence-electron chi connectivity index (χ4n) is 2.25. The number of aryl methyl sites for hydroxylation is 1. The number of rotatable bonds is 1. The molecule has 0 aliphatic rings. The Hall–Kier alpha value is -2.92. The maximum Gasteiger partial charge on any atom is 0.139 e. The van der Waals surface area contributed by atoms with Gasteiger partial charge in [0, 0.05) is 5.56 Å². The third-order valence-corrected chi connectivity index (χ3v) is 3.53. The van der Waals surface area contributed by atoms with Gasteiger partial charge in [0.1, 0.15) is 11.6 Å². The van der Waals surface area contributed by atoms with Crippen LogP contribution in [0.5, 0.6) is 0 Å². The van der Waals surface area contributed by atoms with E-state index in [2.05, 4.69) is 11.8 Å². The second-order valence-corrected chi connectivity index (χ2v) is 5.32. The third-order valence-electron chi connectivity index (χ3n) is 3.53. The van der Waals surface area contributed by atoms with E-state index in [-0.39, 0.29) is 11.6 Å². The van der Waals surface area contributed by atoms with E-state index in [0.717, 1.165) is 22.3 Å². The van der Waals surface area contributed by atoms with Crippen molar-refractivity contribution in [3.05, 3.63) is 95.1 Å². The molecule has 0 radical (unpaired) electrons. The molecule has 0 aliphatic carbocycles. The van der Waals surface area contributed by atoms with Crippen LogP contribution in [0.15, 0.2) is 66.7 Å². The van der Waals surface area contributed by atoms with Gasteiger partial charge in [0.25, 0.3) is 0 Å². The van der Waals surface area contributed by atoms with Crippen molar-refractivity contribution >= 4 is 0 Å². The largest absolute Gasteiger partial charge is 0.207 e. The molecule has 0 aromatic heterocycles. The van der Waals surface area contributed by atoms with Crippen molar-refractivity contribution in [3.63, 3.8) is 0 Å². The van der Waals surface area contributed by atoms with Gasteiger partial charge in [-0.15, -0.1) is 0 Å². The van der Waals surface area contributed by atoms with Gasteiger partial charge in [-0.2, -0.15) is 0 Å². The van der Waals surface area contributed by atoms with Gasteiger partial charge in [-0.3, -0.25) is 0 Å². The summed E-state index contributed by atoms with van der Waals surface area (Å²) in [4.78, 5) is 0. The van der Waals surface area contributed by atoms with Gasteiger partial charge < -0.3 is 0 Å². The monoisotopic (exact) mass is 364 g/mol. The van der Waals surface area contributed by atoms with Crippen molar-refractivity contribution in [3.8, 4) is 23.0 Å². The Morgan fingerprint density at radius 1 is 0.630 bits per heavy atom. The molecule has 0 N–H and O–H groups in total. The Morgan fingerprint density at radius 3 is 1.67 bits per heavy atom. The minimum atomic E-state index is -0.305. The molecule has 0 saturated carbocycles. The van der Waals surface area contributed by atoms with Crippen LogP contribution in [0.2, 0.25) is 0 Å². The van der Waals surface area contributed by atoms with E-state index in [1.807, 2.05) is 65.0 Å². The van der Waals surface area contributed by atoms with E-state index in [4.69, 9.17) is 0 Å². The van der Waals surface area contributed by atoms with Crippen molar-refractivity contribution in [2.75, 3.05) is 0 Å². The Morgan fingerprint density at radius 2 is 1.15 bits per heavy atom. The second kappa shape index (κ2) is 11.6. The number of halogens is 2. The van der Waals surface area contributed by atoms with E-state index >= 15 is 0 Å². The van der Waals surface area contributed by atoms with Crippen molar-refractivity contribution in [1.82, 2.24) is 0 Å². The predicted molar refractivity (Wildman–Crippen MR) is 112 cm³/mol. The van der Waals surface area contributed by atoms with Crippen LogP contribution >= 0.6 is 0 Å². The molecule has 0 fully saturated rings. The lowest BCUT2D eigenvalue weighted by Crippen LogP contribution is -1.85. The third kappa shape index (κ3) is 6.72. The average molecular weight is 364 g/mol. The molecule has 3 aromatic rings. The molecule has 0 spiro atoms. The lowest BCUT2D eigenvalue weighted by Gasteiger charge is -2.01. The second-order valence-electron chi connectivity index (χ2n) is 5.32. The summed E-state index contributed by atoms with van der Waals surface area (Å²) in [6.45, 7) is 9.84. The van der Waals surface area contributed by atoms with Crippen molar-refractivity contribution < 1.29 is 8.78 Å². The molecular weight excluding hydrogens is 338 g/mol. The summed E-state index contributed by atoms with van der Waals surface area (Å²) in [6.07, 6.45) is 0. The van der Waals surface area contributed by atoms with Crippen LogP contribution in [-0.2, 0) is 0 Å². The molecule has 0 aliphatic heterocycles. The van der Waals surface area contributed by atoms with Crippen LogP contribution in [0.4, 0.5) is 8.78 Å². The maximum absolute atomic E-state index is 13.7. The fourth-order valence-corrected chi connectivity index (χ4v) is 2.25. The average Bonchev–Trinajstić information content (AvgIpc) is 2.71. The highest BCUT2D eigenvalue weighted by atomic mass is 19.1. The highest BCUT2D eigenvalue weighted by Gasteiger charge is 1.99. The molecule has 3 rings (SSSR count). The zero-order valence-corrected chi connectivity index (χ0v) is 16.6. The van der Waals surface area contributed by atoms with Crippen molar-refractivity contribution in [2.45, 2.75) is 34.6 Å². The van der Waals surface area contributed by atoms with E-state index in [9.17, 15) is 8.78 Å². The Kier molecular flexibility index (Phi) is 9.54. The predicted octanol–water partition coefficient (Wildman–Crippen LogP) is 7.39. The van der Waals surface area contributed by atoms with Gasteiger partial charge in [0.15, 0.2) is 0 Å². The Balaban J connectivity index is 0.000000855. The lowest BCUT2D eigenvalue weighted by molar-refractivity contribution is 0.623. The molecule has 0 unspecified atom stereocenters. The molecule has 0 saturated heterocycles. The molecule has 0 heterocycles. The molecule has 0 amide bonds. The van der Waals surface area contributed by atoms with E-state index in [0.29, 0.717) is 5.56 Å². The number of hydrogen-bond acceptors (Lipinski definition) is 0. The minimum absolute atomic E-state index is 0.253. The first kappa shape index (κ1) is 22.1. The highest BCUT2D eigenvalue weighted by molar-refractivity contribution is 5.64. The smallest absolute Gasteiger partial charge is 0.139 e. The van der Waals surface area contributed by atoms with E-state index in [1.165, 1.54) is 18.2 Å². The fraction of sp³-hybridized carbons (Fsp3) is 0.200. The summed E-state index contributed by atoms with van der Waals surface area (Å²) in [5.41, 5.74) is 3.98. The van der Waals surface area contributed by atoms with Gasteiger partial charge in [-0.25, -0.2) is 8.78 Å². The SMILES string of the molecule is CC.CC.Cc1ccc(C#Cc2ccc(-c3ccc(F)cc3)cc2)c(F)c1. The first-order chi connectivity index (χ1) is 13.1. The molecule has 27 heavy (non-hydrogen) atoms. The summed E-state index contributed by atoms with van der Waals surface area (Å²) >= 11 is 0. The topological polar surface area (TPSA) is 0 Å². The molecule has 3 aromatic carbocycles. The summed E-state index contributed by atoms with van der Waals surface area (Å²) < 4.78 is 26.7. The van der Waals surface area contributed by atoms with E-state index in [1.54, 1.807) is 18.2 Å². The zero-order valence-electron chi connectivity index (χ0n) is 16.6. The minimum Gasteiger partial charge on any atom is -0.207 e. The Bertz CT molecular complexity index is 880. The van der Waals surface area contributed by atoms with Crippen LogP contribution in [0.1, 0.15) is 44.4 Å². The van der Waals surface area contributed by atoms with E-state index < -0.39 is 0 Å². The molecule has 2 heteroatoms. The molecule has 0 atom stereocenters. The quantitative estimate of drug-likeness (QED) is 0.395.